The molecule has 0 saturated carbocycles. The molecule has 0 bridgehead atoms. The number of nitrogens with zero attached hydrogens (tertiary/aromatic N) is 3. The minimum atomic E-state index is -0.941. The molecule has 1 amide bonds. The number of likely N-dealkylation sites (tertiary alicyclic amines) is 1. The van der Waals surface area contributed by atoms with Crippen molar-refractivity contribution in [2.45, 2.75) is 38.8 Å². The molecule has 0 radical (unpaired) electrons. The SMILES string of the molecule is CC(C)n1ccc(C(=O)N2CCC[C@@H]2C(=O)O)n1. The maximum atomic E-state index is 12.2. The first-order valence-corrected chi connectivity index (χ1v) is 6.09. The molecule has 0 aromatic carbocycles. The summed E-state index contributed by atoms with van der Waals surface area (Å²) < 4.78 is 1.69. The van der Waals surface area contributed by atoms with Crippen LogP contribution < -0.4 is 0 Å². The number of hydrogen-bond donors (Lipinski definition) is 1. The molecule has 1 N–H and O–H groups in total. The van der Waals surface area contributed by atoms with Gasteiger partial charge in [0.2, 0.25) is 0 Å². The van der Waals surface area contributed by atoms with Crippen molar-refractivity contribution in [1.29, 1.82) is 0 Å². The molecule has 6 heteroatoms. The van der Waals surface area contributed by atoms with Crippen LogP contribution in [-0.2, 0) is 4.79 Å². The second-order valence-electron chi connectivity index (χ2n) is 4.77. The van der Waals surface area contributed by atoms with Crippen LogP contribution in [0.15, 0.2) is 12.3 Å². The molecule has 1 atom stereocenters. The highest BCUT2D eigenvalue weighted by Gasteiger charge is 2.35. The van der Waals surface area contributed by atoms with Crippen molar-refractivity contribution in [2.75, 3.05) is 6.54 Å². The Kier molecular flexibility index (Phi) is 3.36. The molecule has 2 heterocycles. The number of carbonyl (C=O) groups is 2. The minimum absolute atomic E-state index is 0.181. The summed E-state index contributed by atoms with van der Waals surface area (Å²) in [7, 11) is 0. The first-order valence-electron chi connectivity index (χ1n) is 6.09. The van der Waals surface area contributed by atoms with Gasteiger partial charge in [0.25, 0.3) is 5.91 Å². The largest absolute Gasteiger partial charge is 0.480 e. The fraction of sp³-hybridized carbons (Fsp3) is 0.583. The van der Waals surface area contributed by atoms with E-state index in [1.807, 2.05) is 13.8 Å². The molecule has 0 spiro atoms. The van der Waals surface area contributed by atoms with E-state index in [9.17, 15) is 9.59 Å². The first-order chi connectivity index (χ1) is 8.50. The molecule has 98 valence electrons. The van der Waals surface area contributed by atoms with Crippen molar-refractivity contribution < 1.29 is 14.7 Å². The quantitative estimate of drug-likeness (QED) is 0.874. The highest BCUT2D eigenvalue weighted by Crippen LogP contribution is 2.20. The topological polar surface area (TPSA) is 75.4 Å². The number of rotatable bonds is 3. The number of hydrogen-bond acceptors (Lipinski definition) is 3. The van der Waals surface area contributed by atoms with Gasteiger partial charge in [-0.2, -0.15) is 5.10 Å². The fourth-order valence-electron chi connectivity index (χ4n) is 2.15. The number of carboxylic acid groups (broad SMARTS) is 1. The van der Waals surface area contributed by atoms with Gasteiger partial charge in [0.1, 0.15) is 11.7 Å². The smallest absolute Gasteiger partial charge is 0.326 e. The second-order valence-corrected chi connectivity index (χ2v) is 4.77. The lowest BCUT2D eigenvalue weighted by Gasteiger charge is -2.20. The number of aliphatic carboxylic acids is 1. The van der Waals surface area contributed by atoms with Crippen molar-refractivity contribution in [3.8, 4) is 0 Å². The van der Waals surface area contributed by atoms with Gasteiger partial charge in [-0.25, -0.2) is 4.79 Å². The number of carbonyl (C=O) groups excluding carboxylic acids is 1. The van der Waals surface area contributed by atoms with Gasteiger partial charge in [-0.15, -0.1) is 0 Å². The zero-order valence-corrected chi connectivity index (χ0v) is 10.5. The zero-order valence-electron chi connectivity index (χ0n) is 10.5. The van der Waals surface area contributed by atoms with Crippen LogP contribution in [0.5, 0.6) is 0 Å². The van der Waals surface area contributed by atoms with E-state index in [4.69, 9.17) is 5.11 Å². The van der Waals surface area contributed by atoms with E-state index < -0.39 is 12.0 Å². The van der Waals surface area contributed by atoms with Crippen LogP contribution in [-0.4, -0.2) is 44.3 Å². The predicted octanol–water partition coefficient (Wildman–Crippen LogP) is 1.15. The zero-order chi connectivity index (χ0) is 13.3. The minimum Gasteiger partial charge on any atom is -0.480 e. The Bertz CT molecular complexity index is 467. The maximum absolute atomic E-state index is 12.2. The van der Waals surface area contributed by atoms with Gasteiger partial charge in [-0.3, -0.25) is 9.48 Å². The third-order valence-electron chi connectivity index (χ3n) is 3.16. The van der Waals surface area contributed by atoms with Gasteiger partial charge in [-0.1, -0.05) is 0 Å². The molecule has 1 aromatic heterocycles. The Morgan fingerprint density at radius 3 is 2.78 bits per heavy atom. The van der Waals surface area contributed by atoms with E-state index in [0.29, 0.717) is 18.7 Å². The molecule has 1 aliphatic rings. The van der Waals surface area contributed by atoms with Crippen molar-refractivity contribution in [2.24, 2.45) is 0 Å². The first kappa shape index (κ1) is 12.6. The van der Waals surface area contributed by atoms with Crippen molar-refractivity contribution >= 4 is 11.9 Å². The summed E-state index contributed by atoms with van der Waals surface area (Å²) in [6.45, 7) is 4.43. The summed E-state index contributed by atoms with van der Waals surface area (Å²) in [6, 6.07) is 1.11. The van der Waals surface area contributed by atoms with E-state index in [0.717, 1.165) is 6.42 Å². The Morgan fingerprint density at radius 2 is 2.22 bits per heavy atom. The summed E-state index contributed by atoms with van der Waals surface area (Å²) >= 11 is 0. The molecule has 0 unspecified atom stereocenters. The van der Waals surface area contributed by atoms with Gasteiger partial charge in [0.15, 0.2) is 0 Å². The highest BCUT2D eigenvalue weighted by atomic mass is 16.4. The molecule has 1 aliphatic heterocycles. The number of aromatic nitrogens is 2. The van der Waals surface area contributed by atoms with Gasteiger partial charge < -0.3 is 10.0 Å². The second kappa shape index (κ2) is 4.80. The third kappa shape index (κ3) is 2.23. The lowest BCUT2D eigenvalue weighted by molar-refractivity contribution is -0.141. The van der Waals surface area contributed by atoms with Crippen LogP contribution in [0.1, 0.15) is 43.2 Å². The lowest BCUT2D eigenvalue weighted by atomic mass is 10.2. The van der Waals surface area contributed by atoms with E-state index >= 15 is 0 Å². The van der Waals surface area contributed by atoms with Crippen LogP contribution >= 0.6 is 0 Å². The fourth-order valence-corrected chi connectivity index (χ4v) is 2.15. The molecule has 1 saturated heterocycles. The molecule has 6 nitrogen and oxygen atoms in total. The standard InChI is InChI=1S/C12H17N3O3/c1-8(2)15-7-5-9(13-15)11(16)14-6-3-4-10(14)12(17)18/h5,7-8,10H,3-4,6H2,1-2H3,(H,17,18)/t10-/m1/s1. The normalized spacial score (nSPS) is 19.5. The molecule has 1 aromatic rings. The molecular formula is C12H17N3O3. The van der Waals surface area contributed by atoms with Gasteiger partial charge in [-0.05, 0) is 32.8 Å². The monoisotopic (exact) mass is 251 g/mol. The van der Waals surface area contributed by atoms with Crippen LogP contribution in [0.25, 0.3) is 0 Å². The maximum Gasteiger partial charge on any atom is 0.326 e. The number of carboxylic acids is 1. The lowest BCUT2D eigenvalue weighted by Crippen LogP contribution is -2.40. The van der Waals surface area contributed by atoms with E-state index in [1.165, 1.54) is 4.90 Å². The third-order valence-corrected chi connectivity index (χ3v) is 3.16. The predicted molar refractivity (Wildman–Crippen MR) is 64.3 cm³/mol. The van der Waals surface area contributed by atoms with Crippen molar-refractivity contribution in [3.63, 3.8) is 0 Å². The van der Waals surface area contributed by atoms with E-state index in [-0.39, 0.29) is 11.9 Å². The van der Waals surface area contributed by atoms with E-state index in [2.05, 4.69) is 5.10 Å². The van der Waals surface area contributed by atoms with Crippen LogP contribution in [0.2, 0.25) is 0 Å². The van der Waals surface area contributed by atoms with Crippen molar-refractivity contribution in [1.82, 2.24) is 14.7 Å². The Morgan fingerprint density at radius 1 is 1.50 bits per heavy atom. The van der Waals surface area contributed by atoms with Crippen molar-refractivity contribution in [3.05, 3.63) is 18.0 Å². The van der Waals surface area contributed by atoms with Crippen LogP contribution in [0, 0.1) is 0 Å². The van der Waals surface area contributed by atoms with E-state index in [1.54, 1.807) is 16.9 Å². The highest BCUT2D eigenvalue weighted by molar-refractivity contribution is 5.95. The summed E-state index contributed by atoms with van der Waals surface area (Å²) in [5.41, 5.74) is 0.317. The van der Waals surface area contributed by atoms with Gasteiger partial charge >= 0.3 is 5.97 Å². The Labute approximate surface area is 105 Å². The molecule has 2 rings (SSSR count). The molecular weight excluding hydrogens is 234 g/mol. The number of amides is 1. The van der Waals surface area contributed by atoms with Gasteiger partial charge in [0.05, 0.1) is 0 Å². The average molecular weight is 251 g/mol. The Balaban J connectivity index is 2.17. The summed E-state index contributed by atoms with van der Waals surface area (Å²) in [5, 5.41) is 13.2. The Hall–Kier alpha value is -1.85. The average Bonchev–Trinajstić information content (AvgIpc) is 2.97. The molecule has 18 heavy (non-hydrogen) atoms. The molecule has 1 fully saturated rings. The summed E-state index contributed by atoms with van der Waals surface area (Å²) in [6.07, 6.45) is 2.99. The summed E-state index contributed by atoms with van der Waals surface area (Å²) in [4.78, 5) is 24.6. The van der Waals surface area contributed by atoms with Gasteiger partial charge in [0, 0.05) is 18.8 Å². The van der Waals surface area contributed by atoms with Crippen LogP contribution in [0.4, 0.5) is 0 Å². The van der Waals surface area contributed by atoms with Crippen LogP contribution in [0.3, 0.4) is 0 Å². The summed E-state index contributed by atoms with van der Waals surface area (Å²) in [5.74, 6) is -1.23. The molecule has 0 aliphatic carbocycles.